The minimum Gasteiger partial charge on any atom is -0.348 e. The molecule has 1 amide bonds. The Labute approximate surface area is 165 Å². The van der Waals surface area contributed by atoms with Crippen LogP contribution in [0.25, 0.3) is 16.9 Å². The summed E-state index contributed by atoms with van der Waals surface area (Å²) >= 11 is 0. The third kappa shape index (κ3) is 4.14. The zero-order valence-corrected chi connectivity index (χ0v) is 17.0. The van der Waals surface area contributed by atoms with E-state index >= 15 is 0 Å². The van der Waals surface area contributed by atoms with Gasteiger partial charge >= 0.3 is 0 Å². The molecule has 0 spiro atoms. The molecule has 0 bridgehead atoms. The van der Waals surface area contributed by atoms with Crippen molar-refractivity contribution in [1.82, 2.24) is 15.1 Å². The van der Waals surface area contributed by atoms with Crippen LogP contribution in [0.15, 0.2) is 48.5 Å². The van der Waals surface area contributed by atoms with Crippen molar-refractivity contribution in [3.8, 4) is 16.9 Å². The molecule has 3 aromatic rings. The van der Waals surface area contributed by atoms with Gasteiger partial charge in [0.05, 0.1) is 11.4 Å². The number of benzene rings is 2. The molecule has 1 atom stereocenters. The van der Waals surface area contributed by atoms with Crippen molar-refractivity contribution in [2.45, 2.75) is 40.7 Å². The first-order valence-electron chi connectivity index (χ1n) is 9.50. The molecular weight excluding hydrogens is 353 g/mol. The van der Waals surface area contributed by atoms with Crippen LogP contribution in [0.1, 0.15) is 42.4 Å². The maximum atomic E-state index is 13.3. The second-order valence-electron chi connectivity index (χ2n) is 7.63. The van der Waals surface area contributed by atoms with Crippen molar-refractivity contribution in [2.75, 3.05) is 0 Å². The summed E-state index contributed by atoms with van der Waals surface area (Å²) in [5.41, 5.74) is 4.81. The number of rotatable bonds is 5. The molecule has 2 aromatic carbocycles. The average Bonchev–Trinajstić information content (AvgIpc) is 3.09. The summed E-state index contributed by atoms with van der Waals surface area (Å²) in [6, 6.07) is 14.0. The minimum atomic E-state index is -0.304. The smallest absolute Gasteiger partial charge is 0.270 e. The van der Waals surface area contributed by atoms with Crippen LogP contribution in [0, 0.1) is 25.6 Å². The van der Waals surface area contributed by atoms with E-state index in [1.54, 1.807) is 22.9 Å². The summed E-state index contributed by atoms with van der Waals surface area (Å²) in [5, 5.41) is 7.74. The number of hydrogen-bond donors (Lipinski definition) is 1. The highest BCUT2D eigenvalue weighted by Crippen LogP contribution is 2.24. The summed E-state index contributed by atoms with van der Waals surface area (Å²) in [7, 11) is 0. The lowest BCUT2D eigenvalue weighted by Gasteiger charge is -2.18. The van der Waals surface area contributed by atoms with Gasteiger partial charge < -0.3 is 5.32 Å². The third-order valence-corrected chi connectivity index (χ3v) is 5.03. The molecule has 0 aliphatic heterocycles. The molecule has 0 radical (unpaired) electrons. The standard InChI is InChI=1S/C23H26FN3O/c1-14(2)17(5)25-23(28)22-13-20(18-8-10-19(24)11-9-18)26-27(22)21-12-15(3)6-7-16(21)4/h6-14,17H,1-5H3,(H,25,28). The van der Waals surface area contributed by atoms with Gasteiger partial charge in [-0.25, -0.2) is 9.07 Å². The number of aryl methyl sites for hydroxylation is 2. The average molecular weight is 379 g/mol. The van der Waals surface area contributed by atoms with Crippen molar-refractivity contribution in [1.29, 1.82) is 0 Å². The Morgan fingerprint density at radius 1 is 1.04 bits per heavy atom. The van der Waals surface area contributed by atoms with E-state index in [-0.39, 0.29) is 17.8 Å². The summed E-state index contributed by atoms with van der Waals surface area (Å²) in [4.78, 5) is 13.0. The fourth-order valence-electron chi connectivity index (χ4n) is 2.88. The third-order valence-electron chi connectivity index (χ3n) is 5.03. The molecule has 1 unspecified atom stereocenters. The van der Waals surface area contributed by atoms with Crippen LogP contribution < -0.4 is 5.32 Å². The van der Waals surface area contributed by atoms with Crippen molar-refractivity contribution >= 4 is 5.91 Å². The van der Waals surface area contributed by atoms with Gasteiger partial charge in [-0.05, 0) is 74.2 Å². The Morgan fingerprint density at radius 2 is 1.71 bits per heavy atom. The number of amides is 1. The SMILES string of the molecule is Cc1ccc(C)c(-n2nc(-c3ccc(F)cc3)cc2C(=O)NC(C)C(C)C)c1. The number of hydrogen-bond acceptors (Lipinski definition) is 2. The fraction of sp³-hybridized carbons (Fsp3) is 0.304. The molecule has 1 aromatic heterocycles. The predicted molar refractivity (Wildman–Crippen MR) is 110 cm³/mol. The molecule has 4 nitrogen and oxygen atoms in total. The Bertz CT molecular complexity index is 990. The molecule has 1 N–H and O–H groups in total. The van der Waals surface area contributed by atoms with E-state index in [0.717, 1.165) is 22.4 Å². The molecule has 3 rings (SSSR count). The number of carbonyl (C=O) groups is 1. The number of nitrogens with zero attached hydrogens (tertiary/aromatic N) is 2. The zero-order valence-electron chi connectivity index (χ0n) is 17.0. The van der Waals surface area contributed by atoms with Crippen LogP contribution in [-0.4, -0.2) is 21.7 Å². The molecule has 28 heavy (non-hydrogen) atoms. The molecule has 1 heterocycles. The van der Waals surface area contributed by atoms with E-state index in [0.29, 0.717) is 17.3 Å². The summed E-state index contributed by atoms with van der Waals surface area (Å²) in [6.07, 6.45) is 0. The molecule has 0 aliphatic rings. The zero-order chi connectivity index (χ0) is 20.4. The van der Waals surface area contributed by atoms with Crippen LogP contribution in [0.4, 0.5) is 4.39 Å². The lowest BCUT2D eigenvalue weighted by atomic mass is 10.1. The van der Waals surface area contributed by atoms with Crippen LogP contribution >= 0.6 is 0 Å². The predicted octanol–water partition coefficient (Wildman–Crippen LogP) is 5.07. The molecule has 0 aliphatic carbocycles. The lowest BCUT2D eigenvalue weighted by molar-refractivity contribution is 0.0922. The molecule has 0 saturated carbocycles. The first-order chi connectivity index (χ1) is 13.3. The van der Waals surface area contributed by atoms with E-state index in [9.17, 15) is 9.18 Å². The van der Waals surface area contributed by atoms with Crippen LogP contribution in [0.5, 0.6) is 0 Å². The summed E-state index contributed by atoms with van der Waals surface area (Å²) in [6.45, 7) is 10.1. The Kier molecular flexibility index (Phi) is 5.63. The molecule has 146 valence electrons. The van der Waals surface area contributed by atoms with Gasteiger partial charge in [0.25, 0.3) is 5.91 Å². The monoisotopic (exact) mass is 379 g/mol. The highest BCUT2D eigenvalue weighted by Gasteiger charge is 2.21. The second-order valence-corrected chi connectivity index (χ2v) is 7.63. The normalized spacial score (nSPS) is 12.2. The van der Waals surface area contributed by atoms with Crippen molar-refractivity contribution in [3.05, 3.63) is 71.2 Å². The van der Waals surface area contributed by atoms with E-state index in [1.807, 2.05) is 39.0 Å². The van der Waals surface area contributed by atoms with E-state index in [1.165, 1.54) is 12.1 Å². The maximum Gasteiger partial charge on any atom is 0.270 e. The Morgan fingerprint density at radius 3 is 2.36 bits per heavy atom. The van der Waals surface area contributed by atoms with Crippen LogP contribution in [-0.2, 0) is 0 Å². The topological polar surface area (TPSA) is 46.9 Å². The van der Waals surface area contributed by atoms with E-state index < -0.39 is 0 Å². The number of aromatic nitrogens is 2. The van der Waals surface area contributed by atoms with Gasteiger partial charge in [-0.3, -0.25) is 4.79 Å². The maximum absolute atomic E-state index is 13.3. The minimum absolute atomic E-state index is 0.0312. The second kappa shape index (κ2) is 7.97. The number of halogens is 1. The van der Waals surface area contributed by atoms with Gasteiger partial charge in [-0.1, -0.05) is 26.0 Å². The van der Waals surface area contributed by atoms with Gasteiger partial charge in [-0.2, -0.15) is 5.10 Å². The lowest BCUT2D eigenvalue weighted by Crippen LogP contribution is -2.37. The van der Waals surface area contributed by atoms with Gasteiger partial charge in [0, 0.05) is 11.6 Å². The number of nitrogens with one attached hydrogen (secondary N) is 1. The molecular formula is C23H26FN3O. The van der Waals surface area contributed by atoms with Crippen LogP contribution in [0.3, 0.4) is 0 Å². The van der Waals surface area contributed by atoms with Gasteiger partial charge in [0.15, 0.2) is 0 Å². The summed E-state index contributed by atoms with van der Waals surface area (Å²) in [5.74, 6) is -0.165. The molecule has 5 heteroatoms. The first-order valence-corrected chi connectivity index (χ1v) is 9.50. The van der Waals surface area contributed by atoms with Gasteiger partial charge in [-0.15, -0.1) is 0 Å². The van der Waals surface area contributed by atoms with Gasteiger partial charge in [0.1, 0.15) is 11.5 Å². The largest absolute Gasteiger partial charge is 0.348 e. The Balaban J connectivity index is 2.11. The van der Waals surface area contributed by atoms with Crippen molar-refractivity contribution < 1.29 is 9.18 Å². The first kappa shape index (κ1) is 19.8. The quantitative estimate of drug-likeness (QED) is 0.673. The highest BCUT2D eigenvalue weighted by molar-refractivity contribution is 5.94. The molecule has 0 saturated heterocycles. The highest BCUT2D eigenvalue weighted by atomic mass is 19.1. The summed E-state index contributed by atoms with van der Waals surface area (Å²) < 4.78 is 15.0. The molecule has 0 fully saturated rings. The van der Waals surface area contributed by atoms with Gasteiger partial charge in [0.2, 0.25) is 0 Å². The number of carbonyl (C=O) groups excluding carboxylic acids is 1. The Hall–Kier alpha value is -2.95. The van der Waals surface area contributed by atoms with E-state index in [2.05, 4.69) is 24.3 Å². The van der Waals surface area contributed by atoms with Crippen LogP contribution in [0.2, 0.25) is 0 Å². The van der Waals surface area contributed by atoms with Crippen molar-refractivity contribution in [3.63, 3.8) is 0 Å². The van der Waals surface area contributed by atoms with E-state index in [4.69, 9.17) is 0 Å². The fourth-order valence-corrected chi connectivity index (χ4v) is 2.88. The van der Waals surface area contributed by atoms with Crippen molar-refractivity contribution in [2.24, 2.45) is 5.92 Å².